The Kier molecular flexibility index (Phi) is 5.72. The van der Waals surface area contributed by atoms with Crippen molar-refractivity contribution in [2.75, 3.05) is 0 Å². The van der Waals surface area contributed by atoms with E-state index in [0.29, 0.717) is 0 Å². The third-order valence-corrected chi connectivity index (χ3v) is 5.73. The van der Waals surface area contributed by atoms with Gasteiger partial charge in [-0.1, -0.05) is 57.2 Å². The third kappa shape index (κ3) is 3.56. The largest absolute Gasteiger partial charge is 0.232 e. The van der Waals surface area contributed by atoms with Crippen molar-refractivity contribution in [2.24, 2.45) is 0 Å². The summed E-state index contributed by atoms with van der Waals surface area (Å²) in [6, 6.07) is 10.5. The van der Waals surface area contributed by atoms with Crippen LogP contribution < -0.4 is 0 Å². The predicted molar refractivity (Wildman–Crippen MR) is 106 cm³/mol. The second-order valence-electron chi connectivity index (χ2n) is 6.65. The molecule has 0 radical (unpaired) electrons. The fourth-order valence-electron chi connectivity index (χ4n) is 3.49. The third-order valence-electron chi connectivity index (χ3n) is 4.72. The minimum absolute atomic E-state index is 1.10. The van der Waals surface area contributed by atoms with Crippen LogP contribution in [-0.2, 0) is 6.42 Å². The van der Waals surface area contributed by atoms with Gasteiger partial charge in [-0.3, -0.25) is 0 Å². The Balaban J connectivity index is 1.83. The monoisotopic (exact) mass is 340 g/mol. The molecule has 2 aromatic heterocycles. The smallest absolute Gasteiger partial charge is 0.0882 e. The van der Waals surface area contributed by atoms with Gasteiger partial charge < -0.3 is 0 Å². The van der Waals surface area contributed by atoms with Gasteiger partial charge >= 0.3 is 0 Å². The zero-order chi connectivity index (χ0) is 16.9. The van der Waals surface area contributed by atoms with Crippen molar-refractivity contribution in [1.29, 1.82) is 0 Å². The molecule has 0 aliphatic rings. The van der Waals surface area contributed by atoms with E-state index in [1.165, 1.54) is 64.9 Å². The summed E-state index contributed by atoms with van der Waals surface area (Å²) in [4.78, 5) is 2.78. The molecule has 0 saturated heterocycles. The Morgan fingerprint density at radius 1 is 0.917 bits per heavy atom. The van der Waals surface area contributed by atoms with E-state index in [1.54, 1.807) is 0 Å². The Morgan fingerprint density at radius 2 is 1.62 bits per heavy atom. The van der Waals surface area contributed by atoms with Gasteiger partial charge in [-0.15, -0.1) is 11.3 Å². The molecule has 3 heteroatoms. The lowest BCUT2D eigenvalue weighted by Gasteiger charge is -2.03. The molecular formula is C21H28N2S. The highest BCUT2D eigenvalue weighted by atomic mass is 32.1. The maximum absolute atomic E-state index is 5.00. The Morgan fingerprint density at radius 3 is 2.38 bits per heavy atom. The SMILES string of the molecule is CCCCCCCCc1nn(-c2ccccc2)c2c(C)sc(C)c12. The maximum atomic E-state index is 5.00. The van der Waals surface area contributed by atoms with Gasteiger partial charge in [0.2, 0.25) is 0 Å². The summed E-state index contributed by atoms with van der Waals surface area (Å²) in [7, 11) is 0. The topological polar surface area (TPSA) is 17.8 Å². The van der Waals surface area contributed by atoms with Crippen molar-refractivity contribution in [3.63, 3.8) is 0 Å². The highest BCUT2D eigenvalue weighted by Crippen LogP contribution is 2.34. The van der Waals surface area contributed by atoms with E-state index in [0.717, 1.165) is 12.1 Å². The molecule has 0 atom stereocenters. The molecule has 24 heavy (non-hydrogen) atoms. The first kappa shape index (κ1) is 17.2. The molecule has 0 bridgehead atoms. The molecule has 0 spiro atoms. The van der Waals surface area contributed by atoms with E-state index < -0.39 is 0 Å². The first-order chi connectivity index (χ1) is 11.7. The second-order valence-corrected chi connectivity index (χ2v) is 8.08. The van der Waals surface area contributed by atoms with Crippen LogP contribution in [0.5, 0.6) is 0 Å². The fourth-order valence-corrected chi connectivity index (χ4v) is 4.55. The van der Waals surface area contributed by atoms with Crippen LogP contribution in [0.2, 0.25) is 0 Å². The number of hydrogen-bond donors (Lipinski definition) is 0. The number of unbranched alkanes of at least 4 members (excludes halogenated alkanes) is 5. The molecule has 2 nitrogen and oxygen atoms in total. The van der Waals surface area contributed by atoms with Gasteiger partial charge in [0.1, 0.15) is 0 Å². The van der Waals surface area contributed by atoms with Gasteiger partial charge in [-0.05, 0) is 38.8 Å². The quantitative estimate of drug-likeness (QED) is 0.422. The molecule has 3 rings (SSSR count). The molecule has 0 fully saturated rings. The van der Waals surface area contributed by atoms with E-state index in [4.69, 9.17) is 5.10 Å². The lowest BCUT2D eigenvalue weighted by Crippen LogP contribution is -1.97. The molecule has 0 aliphatic heterocycles. The highest BCUT2D eigenvalue weighted by Gasteiger charge is 2.18. The number of rotatable bonds is 8. The van der Waals surface area contributed by atoms with Crippen LogP contribution in [0, 0.1) is 13.8 Å². The summed E-state index contributed by atoms with van der Waals surface area (Å²) < 4.78 is 2.15. The molecule has 3 aromatic rings. The normalized spacial score (nSPS) is 11.5. The fraction of sp³-hybridized carbons (Fsp3) is 0.476. The van der Waals surface area contributed by atoms with Crippen LogP contribution in [0.4, 0.5) is 0 Å². The van der Waals surface area contributed by atoms with Gasteiger partial charge in [-0.2, -0.15) is 5.10 Å². The van der Waals surface area contributed by atoms with E-state index in [9.17, 15) is 0 Å². The number of aromatic nitrogens is 2. The number of aryl methyl sites for hydroxylation is 3. The molecule has 2 heterocycles. The molecule has 0 unspecified atom stereocenters. The van der Waals surface area contributed by atoms with Crippen molar-refractivity contribution in [3.05, 3.63) is 45.8 Å². The van der Waals surface area contributed by atoms with Gasteiger partial charge in [0.15, 0.2) is 0 Å². The molecule has 1 aromatic carbocycles. The van der Waals surface area contributed by atoms with E-state index in [-0.39, 0.29) is 0 Å². The lowest BCUT2D eigenvalue weighted by atomic mass is 10.1. The van der Waals surface area contributed by atoms with Gasteiger partial charge in [-0.25, -0.2) is 4.68 Å². The minimum atomic E-state index is 1.10. The van der Waals surface area contributed by atoms with Crippen molar-refractivity contribution >= 4 is 22.2 Å². The zero-order valence-electron chi connectivity index (χ0n) is 15.1. The Bertz CT molecular complexity index is 783. The molecule has 0 aliphatic carbocycles. The van der Waals surface area contributed by atoms with Crippen LogP contribution >= 0.6 is 11.3 Å². The number of fused-ring (bicyclic) bond motifs is 1. The summed E-state index contributed by atoms with van der Waals surface area (Å²) in [5.41, 5.74) is 3.76. The molecule has 0 N–H and O–H groups in total. The number of benzene rings is 1. The van der Waals surface area contributed by atoms with Crippen LogP contribution in [0.3, 0.4) is 0 Å². The Labute approximate surface area is 149 Å². The number of nitrogens with zero attached hydrogens (tertiary/aromatic N) is 2. The van der Waals surface area contributed by atoms with Crippen LogP contribution in [-0.4, -0.2) is 9.78 Å². The summed E-state index contributed by atoms with van der Waals surface area (Å²) in [6.45, 7) is 6.73. The summed E-state index contributed by atoms with van der Waals surface area (Å²) in [6.07, 6.45) is 9.09. The first-order valence-electron chi connectivity index (χ1n) is 9.25. The van der Waals surface area contributed by atoms with Crippen molar-refractivity contribution in [2.45, 2.75) is 65.7 Å². The first-order valence-corrected chi connectivity index (χ1v) is 10.1. The number of thiophene rings is 1. The van der Waals surface area contributed by atoms with E-state index >= 15 is 0 Å². The summed E-state index contributed by atoms with van der Waals surface area (Å²) >= 11 is 1.90. The van der Waals surface area contributed by atoms with Gasteiger partial charge in [0, 0.05) is 15.1 Å². The van der Waals surface area contributed by atoms with Crippen LogP contribution in [0.15, 0.2) is 30.3 Å². The van der Waals surface area contributed by atoms with Gasteiger partial charge in [0.25, 0.3) is 0 Å². The lowest BCUT2D eigenvalue weighted by molar-refractivity contribution is 0.604. The molecule has 128 valence electrons. The summed E-state index contributed by atoms with van der Waals surface area (Å²) in [5.74, 6) is 0. The van der Waals surface area contributed by atoms with Gasteiger partial charge in [0.05, 0.1) is 16.9 Å². The average molecular weight is 341 g/mol. The predicted octanol–water partition coefficient (Wildman–Crippen LogP) is 6.61. The van der Waals surface area contributed by atoms with Crippen molar-refractivity contribution in [1.82, 2.24) is 9.78 Å². The highest BCUT2D eigenvalue weighted by molar-refractivity contribution is 7.13. The Hall–Kier alpha value is -1.61. The van der Waals surface area contributed by atoms with E-state index in [1.807, 2.05) is 11.3 Å². The molecular weight excluding hydrogens is 312 g/mol. The second kappa shape index (κ2) is 7.98. The zero-order valence-corrected chi connectivity index (χ0v) is 16.0. The maximum Gasteiger partial charge on any atom is 0.0882 e. The van der Waals surface area contributed by atoms with Crippen molar-refractivity contribution in [3.8, 4) is 5.69 Å². The van der Waals surface area contributed by atoms with Crippen LogP contribution in [0.1, 0.15) is 60.9 Å². The average Bonchev–Trinajstić information content (AvgIpc) is 3.11. The molecule has 0 saturated carbocycles. The number of para-hydroxylation sites is 1. The molecule has 0 amide bonds. The summed E-state index contributed by atoms with van der Waals surface area (Å²) in [5, 5.41) is 6.40. The minimum Gasteiger partial charge on any atom is -0.232 e. The standard InChI is InChI=1S/C21H28N2S/c1-4-5-6-7-8-12-15-19-20-16(2)24-17(3)21(20)23(22-19)18-13-10-9-11-14-18/h9-11,13-14H,4-8,12,15H2,1-3H3. The van der Waals surface area contributed by atoms with Crippen molar-refractivity contribution < 1.29 is 0 Å². The number of hydrogen-bond acceptors (Lipinski definition) is 2. The van der Waals surface area contributed by atoms with E-state index in [2.05, 4.69) is 55.8 Å². The van der Waals surface area contributed by atoms with Crippen LogP contribution in [0.25, 0.3) is 16.6 Å².